The molecule has 44 heavy (non-hydrogen) atoms. The van der Waals surface area contributed by atoms with Gasteiger partial charge in [-0.15, -0.1) is 0 Å². The first-order valence-electron chi connectivity index (χ1n) is 17.9. The smallest absolute Gasteiger partial charge is 0.254 e. The molecule has 2 aromatic rings. The molecule has 1 amide bonds. The Morgan fingerprint density at radius 2 is 1.50 bits per heavy atom. The number of rotatable bonds is 9. The van der Waals surface area contributed by atoms with Crippen molar-refractivity contribution < 1.29 is 9.53 Å². The number of carbonyl (C=O) groups is 1. The normalized spacial score (nSPS) is 27.2. The van der Waals surface area contributed by atoms with Gasteiger partial charge in [0.1, 0.15) is 12.4 Å². The van der Waals surface area contributed by atoms with E-state index >= 15 is 0 Å². The molecule has 0 radical (unpaired) electrons. The third kappa shape index (κ3) is 7.33. The predicted molar refractivity (Wildman–Crippen MR) is 185 cm³/mol. The number of nitrogens with zero attached hydrogens (tertiary/aromatic N) is 2. The molecule has 238 valence electrons. The average Bonchev–Trinajstić information content (AvgIpc) is 3.51. The summed E-state index contributed by atoms with van der Waals surface area (Å²) in [5.41, 5.74) is 3.99. The third-order valence-electron chi connectivity index (χ3n) is 11.1. The molecule has 5 heteroatoms. The van der Waals surface area contributed by atoms with E-state index in [-0.39, 0.29) is 32.6 Å². The molecule has 3 saturated carbocycles. The summed E-state index contributed by atoms with van der Waals surface area (Å²) in [6.45, 7) is 7.68. The Bertz CT molecular complexity index is 1230. The monoisotopic (exact) mass is 614 g/mol. The van der Waals surface area contributed by atoms with Crippen LogP contribution in [-0.2, 0) is 9.53 Å². The molecule has 0 spiro atoms. The Morgan fingerprint density at radius 1 is 0.864 bits per heavy atom. The van der Waals surface area contributed by atoms with Crippen LogP contribution < -0.4 is 5.30 Å². The standard InChI is InChI=1S/C39H55N2O2P/c1-28(2)33-24-23-29(3)25-36(33)43-27-38(42)41-26-35(30-15-7-4-8-16-30)40-39(41)34-21-13-14-22-37(34)44(31-17-9-5-10-18-31)32-19-11-6-12-20-32/h4,7-8,13-16,21-22,28-29,31-33,35-36H,5-6,9-12,17-20,23-27H2,1-3H3/t29-,33+,35+,36-/m1/s1. The van der Waals surface area contributed by atoms with Crippen LogP contribution in [0.25, 0.3) is 0 Å². The van der Waals surface area contributed by atoms with Crippen molar-refractivity contribution in [2.24, 2.45) is 22.7 Å². The van der Waals surface area contributed by atoms with Crippen molar-refractivity contribution in [3.8, 4) is 0 Å². The first-order chi connectivity index (χ1) is 21.5. The van der Waals surface area contributed by atoms with Crippen LogP contribution >= 0.6 is 7.92 Å². The zero-order chi connectivity index (χ0) is 30.5. The Kier molecular flexibility index (Phi) is 10.9. The highest BCUT2D eigenvalue weighted by Crippen LogP contribution is 2.55. The zero-order valence-corrected chi connectivity index (χ0v) is 28.4. The van der Waals surface area contributed by atoms with Crippen molar-refractivity contribution in [2.75, 3.05) is 13.2 Å². The molecule has 1 aliphatic heterocycles. The van der Waals surface area contributed by atoms with E-state index < -0.39 is 0 Å². The molecule has 0 saturated heterocycles. The third-order valence-corrected chi connectivity index (χ3v) is 14.7. The number of amidine groups is 1. The molecule has 3 aliphatic carbocycles. The lowest BCUT2D eigenvalue weighted by Gasteiger charge is -2.40. The second-order valence-corrected chi connectivity index (χ2v) is 17.3. The molecule has 4 nitrogen and oxygen atoms in total. The van der Waals surface area contributed by atoms with Crippen LogP contribution in [0.15, 0.2) is 59.6 Å². The number of aliphatic imine (C=N–C) groups is 1. The number of benzene rings is 2. The maximum absolute atomic E-state index is 14.2. The summed E-state index contributed by atoms with van der Waals surface area (Å²) in [5, 5.41) is 1.51. The van der Waals surface area contributed by atoms with Crippen LogP contribution in [0.3, 0.4) is 0 Å². The molecular formula is C39H55N2O2P. The molecule has 6 rings (SSSR count). The van der Waals surface area contributed by atoms with Gasteiger partial charge < -0.3 is 4.74 Å². The van der Waals surface area contributed by atoms with E-state index in [1.54, 1.807) is 0 Å². The van der Waals surface area contributed by atoms with Crippen molar-refractivity contribution in [3.63, 3.8) is 0 Å². The van der Waals surface area contributed by atoms with Crippen molar-refractivity contribution in [3.05, 3.63) is 65.7 Å². The topological polar surface area (TPSA) is 41.9 Å². The van der Waals surface area contributed by atoms with Gasteiger partial charge in [0, 0.05) is 5.56 Å². The van der Waals surface area contributed by atoms with E-state index in [1.165, 1.54) is 93.5 Å². The Balaban J connectivity index is 1.32. The number of hydrogen-bond acceptors (Lipinski definition) is 3. The van der Waals surface area contributed by atoms with Crippen LogP contribution in [0.2, 0.25) is 0 Å². The molecular weight excluding hydrogens is 559 g/mol. The Morgan fingerprint density at radius 3 is 2.16 bits per heavy atom. The van der Waals surface area contributed by atoms with Gasteiger partial charge in [0.15, 0.2) is 0 Å². The summed E-state index contributed by atoms with van der Waals surface area (Å²) in [6, 6.07) is 19.6. The minimum absolute atomic E-state index is 0.0445. The van der Waals surface area contributed by atoms with Crippen LogP contribution in [0.5, 0.6) is 0 Å². The SMILES string of the molecule is CC(C)[C@@H]1CC[C@@H](C)C[C@H]1OCC(=O)N1C[C@@H](c2ccccc2)N=C1c1ccccc1P(C1CCCCC1)C1CCCCC1. The molecule has 4 aliphatic rings. The summed E-state index contributed by atoms with van der Waals surface area (Å²) >= 11 is 0. The lowest BCUT2D eigenvalue weighted by Crippen LogP contribution is -2.42. The molecule has 3 fully saturated rings. The minimum atomic E-state index is -0.322. The van der Waals surface area contributed by atoms with E-state index in [2.05, 4.69) is 75.4 Å². The first kappa shape index (κ1) is 31.9. The number of amides is 1. The van der Waals surface area contributed by atoms with Gasteiger partial charge >= 0.3 is 0 Å². The fourth-order valence-corrected chi connectivity index (χ4v) is 12.6. The Labute approximate surface area is 268 Å². The average molecular weight is 615 g/mol. The fraction of sp³-hybridized carbons (Fsp3) is 0.641. The van der Waals surface area contributed by atoms with E-state index in [9.17, 15) is 4.79 Å². The molecule has 4 atom stereocenters. The summed E-state index contributed by atoms with van der Waals surface area (Å²) in [4.78, 5) is 21.6. The van der Waals surface area contributed by atoms with Gasteiger partial charge in [0.25, 0.3) is 5.91 Å². The van der Waals surface area contributed by atoms with Gasteiger partial charge in [-0.05, 0) is 78.5 Å². The summed E-state index contributed by atoms with van der Waals surface area (Å²) in [6.07, 6.45) is 17.4. The number of hydrogen-bond donors (Lipinski definition) is 0. The lowest BCUT2D eigenvalue weighted by atomic mass is 9.75. The highest BCUT2D eigenvalue weighted by molar-refractivity contribution is 7.67. The van der Waals surface area contributed by atoms with E-state index in [0.717, 1.165) is 23.6 Å². The van der Waals surface area contributed by atoms with Gasteiger partial charge in [-0.2, -0.15) is 0 Å². The van der Waals surface area contributed by atoms with Gasteiger partial charge in [0.2, 0.25) is 0 Å². The van der Waals surface area contributed by atoms with E-state index in [1.807, 2.05) is 4.90 Å². The molecule has 2 aromatic carbocycles. The number of ether oxygens (including phenoxy) is 1. The molecule has 0 aromatic heterocycles. The molecule has 0 N–H and O–H groups in total. The second-order valence-electron chi connectivity index (χ2n) is 14.6. The van der Waals surface area contributed by atoms with E-state index in [4.69, 9.17) is 9.73 Å². The van der Waals surface area contributed by atoms with Gasteiger partial charge in [-0.3, -0.25) is 14.7 Å². The quantitative estimate of drug-likeness (QED) is 0.264. The van der Waals surface area contributed by atoms with Gasteiger partial charge in [-0.25, -0.2) is 0 Å². The Hall–Kier alpha value is -2.03. The second kappa shape index (κ2) is 15.0. The first-order valence-corrected chi connectivity index (χ1v) is 19.4. The van der Waals surface area contributed by atoms with Crippen LogP contribution in [0.1, 0.15) is 121 Å². The predicted octanol–water partition coefficient (Wildman–Crippen LogP) is 9.27. The highest BCUT2D eigenvalue weighted by atomic mass is 31.1. The summed E-state index contributed by atoms with van der Waals surface area (Å²) in [5.74, 6) is 2.71. The van der Waals surface area contributed by atoms with Crippen LogP contribution in [0, 0.1) is 17.8 Å². The lowest BCUT2D eigenvalue weighted by molar-refractivity contribution is -0.137. The highest BCUT2D eigenvalue weighted by Gasteiger charge is 2.39. The molecule has 1 heterocycles. The maximum atomic E-state index is 14.2. The van der Waals surface area contributed by atoms with Gasteiger partial charge in [0.05, 0.1) is 18.7 Å². The van der Waals surface area contributed by atoms with E-state index in [0.29, 0.717) is 24.3 Å². The minimum Gasteiger partial charge on any atom is -0.368 e. The zero-order valence-electron chi connectivity index (χ0n) is 27.5. The number of carbonyl (C=O) groups excluding carboxylic acids is 1. The van der Waals surface area contributed by atoms with Crippen LogP contribution in [-0.4, -0.2) is 47.2 Å². The van der Waals surface area contributed by atoms with Gasteiger partial charge in [-0.1, -0.05) is 128 Å². The summed E-state index contributed by atoms with van der Waals surface area (Å²) < 4.78 is 6.55. The maximum Gasteiger partial charge on any atom is 0.254 e. The molecule has 0 unspecified atom stereocenters. The van der Waals surface area contributed by atoms with Crippen molar-refractivity contribution in [2.45, 2.75) is 128 Å². The van der Waals surface area contributed by atoms with Crippen molar-refractivity contribution >= 4 is 25.0 Å². The molecule has 0 bridgehead atoms. The van der Waals surface area contributed by atoms with Crippen molar-refractivity contribution in [1.82, 2.24) is 4.90 Å². The van der Waals surface area contributed by atoms with Crippen LogP contribution in [0.4, 0.5) is 0 Å². The summed E-state index contributed by atoms with van der Waals surface area (Å²) in [7, 11) is -0.322. The fourth-order valence-electron chi connectivity index (χ4n) is 8.67. The largest absolute Gasteiger partial charge is 0.368 e. The van der Waals surface area contributed by atoms with Crippen molar-refractivity contribution in [1.29, 1.82) is 0 Å².